The zero-order valence-electron chi connectivity index (χ0n) is 21.9. The largest absolute Gasteiger partial charge is 0.390 e. The lowest BCUT2D eigenvalue weighted by atomic mass is 9.74. The lowest BCUT2D eigenvalue weighted by Crippen LogP contribution is -2.53. The van der Waals surface area contributed by atoms with E-state index in [0.29, 0.717) is 13.0 Å². The normalized spacial score (nSPS) is 17.6. The topological polar surface area (TPSA) is 61.4 Å². The van der Waals surface area contributed by atoms with Gasteiger partial charge < -0.3 is 15.7 Å². The molecule has 6 heteroatoms. The number of carbonyl (C=O) groups is 1. The summed E-state index contributed by atoms with van der Waals surface area (Å²) >= 11 is 0. The van der Waals surface area contributed by atoms with Crippen molar-refractivity contribution < 1.29 is 14.3 Å². The van der Waals surface area contributed by atoms with Gasteiger partial charge in [0.2, 0.25) is 5.91 Å². The fourth-order valence-corrected chi connectivity index (χ4v) is 5.62. The Hall–Kier alpha value is -1.81. The molecule has 0 radical (unpaired) electrons. The molecule has 4 nitrogen and oxygen atoms in total. The van der Waals surface area contributed by atoms with Gasteiger partial charge in [-0.25, -0.2) is 4.39 Å². The Kier molecular flexibility index (Phi) is 9.12. The molecule has 1 fully saturated rings. The second-order valence-corrected chi connectivity index (χ2v) is 12.0. The van der Waals surface area contributed by atoms with E-state index >= 15 is 0 Å². The van der Waals surface area contributed by atoms with Crippen molar-refractivity contribution in [3.05, 3.63) is 64.5 Å². The van der Waals surface area contributed by atoms with Crippen LogP contribution in [0.15, 0.2) is 36.4 Å². The number of carbonyl (C=O) groups excluding carboxylic acids is 1. The highest BCUT2D eigenvalue weighted by molar-refractivity contribution is 7.27. The minimum Gasteiger partial charge on any atom is -0.390 e. The van der Waals surface area contributed by atoms with Gasteiger partial charge in [-0.3, -0.25) is 4.79 Å². The van der Waals surface area contributed by atoms with Crippen LogP contribution in [-0.4, -0.2) is 29.7 Å². The molecule has 1 aliphatic rings. The summed E-state index contributed by atoms with van der Waals surface area (Å²) in [5.41, 5.74) is 4.42. The third-order valence-corrected chi connectivity index (χ3v) is 7.47. The molecule has 3 N–H and O–H groups in total. The second-order valence-electron chi connectivity index (χ2n) is 11.3. The summed E-state index contributed by atoms with van der Waals surface area (Å²) in [6, 6.07) is 11.1. The lowest BCUT2D eigenvalue weighted by molar-refractivity contribution is -0.120. The summed E-state index contributed by atoms with van der Waals surface area (Å²) in [4.78, 5) is 11.9. The summed E-state index contributed by atoms with van der Waals surface area (Å²) in [6.45, 7) is 10.6. The molecule has 2 aromatic carbocycles. The molecule has 0 aliphatic heterocycles. The monoisotopic (exact) mass is 500 g/mol. The van der Waals surface area contributed by atoms with Crippen molar-refractivity contribution in [3.63, 3.8) is 0 Å². The van der Waals surface area contributed by atoms with E-state index in [1.165, 1.54) is 42.2 Å². The van der Waals surface area contributed by atoms with Gasteiger partial charge in [-0.2, -0.15) is 0 Å². The number of aliphatic hydroxyl groups excluding tert-OH is 1. The third kappa shape index (κ3) is 7.59. The molecule has 0 aromatic heterocycles. The predicted molar refractivity (Wildman–Crippen MR) is 146 cm³/mol. The van der Waals surface area contributed by atoms with Gasteiger partial charge >= 0.3 is 0 Å². The number of benzene rings is 2. The van der Waals surface area contributed by atoms with Crippen molar-refractivity contribution in [2.24, 2.45) is 0 Å². The molecule has 0 heterocycles. The van der Waals surface area contributed by atoms with Crippen LogP contribution in [0.4, 0.5) is 4.39 Å². The van der Waals surface area contributed by atoms with Crippen LogP contribution in [0.25, 0.3) is 0 Å². The minimum atomic E-state index is -0.819. The van der Waals surface area contributed by atoms with Crippen molar-refractivity contribution in [1.82, 2.24) is 10.6 Å². The number of aryl methyl sites for hydroxylation is 1. The van der Waals surface area contributed by atoms with Gasteiger partial charge in [0.05, 0.1) is 12.1 Å². The fraction of sp³-hybridized carbons (Fsp3) is 0.552. The molecular weight excluding hydrogens is 458 g/mol. The Bertz CT molecular complexity index is 1010. The van der Waals surface area contributed by atoms with Crippen molar-refractivity contribution >= 4 is 20.5 Å². The molecule has 192 valence electrons. The Morgan fingerprint density at radius 2 is 1.80 bits per heavy atom. The van der Waals surface area contributed by atoms with Gasteiger partial charge in [0.25, 0.3) is 0 Å². The van der Waals surface area contributed by atoms with E-state index in [1.54, 1.807) is 0 Å². The van der Waals surface area contributed by atoms with Crippen molar-refractivity contribution in [2.75, 3.05) is 6.54 Å². The summed E-state index contributed by atoms with van der Waals surface area (Å²) in [7, 11) is 2.51. The van der Waals surface area contributed by atoms with Crippen LogP contribution in [0.2, 0.25) is 0 Å². The van der Waals surface area contributed by atoms with Gasteiger partial charge in [-0.05, 0) is 65.7 Å². The molecule has 1 saturated carbocycles. The van der Waals surface area contributed by atoms with Gasteiger partial charge in [-0.15, -0.1) is 9.24 Å². The number of hydrogen-bond donors (Lipinski definition) is 3. The van der Waals surface area contributed by atoms with Crippen molar-refractivity contribution in [1.29, 1.82) is 0 Å². The molecule has 0 saturated heterocycles. The maximum atomic E-state index is 13.9. The first-order chi connectivity index (χ1) is 16.4. The Morgan fingerprint density at radius 3 is 2.40 bits per heavy atom. The van der Waals surface area contributed by atoms with Crippen LogP contribution in [0, 0.1) is 12.7 Å². The number of hydrogen-bond acceptors (Lipinski definition) is 3. The number of nitrogens with one attached hydrogen (secondary N) is 2. The highest BCUT2D eigenvalue weighted by atomic mass is 31.0. The molecule has 3 rings (SSSR count). The van der Waals surface area contributed by atoms with Gasteiger partial charge in [-0.1, -0.05) is 69.9 Å². The zero-order valence-corrected chi connectivity index (χ0v) is 23.0. The predicted octanol–water partition coefficient (Wildman–Crippen LogP) is 4.79. The summed E-state index contributed by atoms with van der Waals surface area (Å²) < 4.78 is 13.9. The molecule has 0 bridgehead atoms. The average Bonchev–Trinajstić information content (AvgIpc) is 2.75. The summed E-state index contributed by atoms with van der Waals surface area (Å²) in [6.07, 6.45) is 5.05. The van der Waals surface area contributed by atoms with E-state index in [9.17, 15) is 14.3 Å². The van der Waals surface area contributed by atoms with Crippen LogP contribution < -0.4 is 15.9 Å². The lowest BCUT2D eigenvalue weighted by Gasteiger charge is -2.41. The fourth-order valence-electron chi connectivity index (χ4n) is 5.25. The highest BCUT2D eigenvalue weighted by Crippen LogP contribution is 2.39. The number of halogens is 1. The Balaban J connectivity index is 1.84. The Morgan fingerprint density at radius 1 is 1.11 bits per heavy atom. The molecule has 1 aliphatic carbocycles. The maximum Gasteiger partial charge on any atom is 0.217 e. The standard InChI is InChI=1S/C29H42FN2O2P/c1-19-11-22(28(3,4)5)16-23(12-19)29(9-7-6-8-10-29)31-18-27(34)26(32-20(2)33)15-21-13-24(30)17-25(35)14-21/h11-14,16-17,26-27,31,34H,6-10,15,18,35H2,1-5H3,(H,32,33)/t26-,27+/m0/s1. The van der Waals surface area contributed by atoms with Crippen LogP contribution >= 0.6 is 9.24 Å². The van der Waals surface area contributed by atoms with Crippen LogP contribution in [-0.2, 0) is 22.2 Å². The van der Waals surface area contributed by atoms with E-state index in [2.05, 4.69) is 65.8 Å². The third-order valence-electron chi connectivity index (χ3n) is 7.14. The zero-order chi connectivity index (χ0) is 25.8. The highest BCUT2D eigenvalue weighted by Gasteiger charge is 2.35. The molecule has 0 spiro atoms. The van der Waals surface area contributed by atoms with Crippen LogP contribution in [0.5, 0.6) is 0 Å². The molecule has 3 atom stereocenters. The molecular formula is C29H42FN2O2P. The molecule has 1 amide bonds. The van der Waals surface area contributed by atoms with Gasteiger partial charge in [0.15, 0.2) is 0 Å². The van der Waals surface area contributed by atoms with Gasteiger partial charge in [0.1, 0.15) is 5.82 Å². The van der Waals surface area contributed by atoms with E-state index < -0.39 is 12.1 Å². The van der Waals surface area contributed by atoms with Crippen LogP contribution in [0.3, 0.4) is 0 Å². The molecule has 1 unspecified atom stereocenters. The smallest absolute Gasteiger partial charge is 0.217 e. The summed E-state index contributed by atoms with van der Waals surface area (Å²) in [5, 5.41) is 18.6. The Labute approximate surface area is 212 Å². The second kappa shape index (κ2) is 11.5. The quantitative estimate of drug-likeness (QED) is 0.457. The van der Waals surface area contributed by atoms with Crippen molar-refractivity contribution in [3.8, 4) is 0 Å². The number of aliphatic hydroxyl groups is 1. The first-order valence-electron chi connectivity index (χ1n) is 12.8. The first kappa shape index (κ1) is 27.8. The van der Waals surface area contributed by atoms with Crippen LogP contribution in [0.1, 0.15) is 82.1 Å². The minimum absolute atomic E-state index is 0.0496. The van der Waals surface area contributed by atoms with Crippen molar-refractivity contribution in [2.45, 2.75) is 96.2 Å². The SMILES string of the molecule is CC(=O)N[C@@H](Cc1cc(F)cc(P)c1)[C@H](O)CNC1(c2cc(C)cc(C(C)(C)C)c2)CCCCC1. The first-order valence-corrected chi connectivity index (χ1v) is 13.3. The molecule has 2 aromatic rings. The molecule has 35 heavy (non-hydrogen) atoms. The van der Waals surface area contributed by atoms with E-state index in [1.807, 2.05) is 6.07 Å². The number of amides is 1. The van der Waals surface area contributed by atoms with Gasteiger partial charge in [0, 0.05) is 19.0 Å². The van der Waals surface area contributed by atoms with E-state index in [4.69, 9.17) is 0 Å². The maximum absolute atomic E-state index is 13.9. The average molecular weight is 501 g/mol. The van der Waals surface area contributed by atoms with E-state index in [0.717, 1.165) is 36.6 Å². The van der Waals surface area contributed by atoms with E-state index in [-0.39, 0.29) is 22.7 Å². The number of rotatable bonds is 8. The summed E-state index contributed by atoms with van der Waals surface area (Å²) in [5.74, 6) is -0.533.